The first-order valence-corrected chi connectivity index (χ1v) is 7.53. The van der Waals surface area contributed by atoms with Gasteiger partial charge in [-0.25, -0.2) is 0 Å². The maximum atomic E-state index is 11.6. The number of carbonyl (C=O) groups is 2. The Morgan fingerprint density at radius 2 is 1.86 bits per heavy atom. The molecule has 1 aromatic carbocycles. The molecule has 0 bridgehead atoms. The SMILES string of the molecule is CCCCCOC(=O)CCC(=O)Oc1ccc(Cl)c(C)c1. The fourth-order valence-electron chi connectivity index (χ4n) is 1.68. The minimum absolute atomic E-state index is 0.00822. The molecule has 0 amide bonds. The third-order valence-electron chi connectivity index (χ3n) is 2.91. The first-order chi connectivity index (χ1) is 10.0. The van der Waals surface area contributed by atoms with E-state index in [1.807, 2.05) is 6.92 Å². The Kier molecular flexibility index (Phi) is 7.83. The van der Waals surface area contributed by atoms with Gasteiger partial charge < -0.3 is 9.47 Å². The largest absolute Gasteiger partial charge is 0.466 e. The van der Waals surface area contributed by atoms with Crippen molar-refractivity contribution < 1.29 is 19.1 Å². The van der Waals surface area contributed by atoms with Gasteiger partial charge in [0.2, 0.25) is 0 Å². The summed E-state index contributed by atoms with van der Waals surface area (Å²) < 4.78 is 10.2. The summed E-state index contributed by atoms with van der Waals surface area (Å²) in [6, 6.07) is 4.97. The highest BCUT2D eigenvalue weighted by molar-refractivity contribution is 6.31. The third-order valence-corrected chi connectivity index (χ3v) is 3.33. The lowest BCUT2D eigenvalue weighted by atomic mass is 10.2. The van der Waals surface area contributed by atoms with E-state index < -0.39 is 5.97 Å². The zero-order valence-corrected chi connectivity index (χ0v) is 13.2. The number of hydrogen-bond donors (Lipinski definition) is 0. The fourth-order valence-corrected chi connectivity index (χ4v) is 1.80. The molecule has 0 aliphatic heterocycles. The minimum atomic E-state index is -0.456. The Balaban J connectivity index is 2.27. The van der Waals surface area contributed by atoms with Crippen LogP contribution in [0.1, 0.15) is 44.6 Å². The Hall–Kier alpha value is -1.55. The molecule has 0 saturated heterocycles. The molecule has 0 aromatic heterocycles. The number of esters is 2. The highest BCUT2D eigenvalue weighted by Gasteiger charge is 2.10. The highest BCUT2D eigenvalue weighted by atomic mass is 35.5. The van der Waals surface area contributed by atoms with Gasteiger partial charge in [0.25, 0.3) is 0 Å². The molecule has 1 aromatic rings. The highest BCUT2D eigenvalue weighted by Crippen LogP contribution is 2.21. The second-order valence-electron chi connectivity index (χ2n) is 4.81. The lowest BCUT2D eigenvalue weighted by Crippen LogP contribution is -2.12. The lowest BCUT2D eigenvalue weighted by Gasteiger charge is -2.06. The van der Waals surface area contributed by atoms with Gasteiger partial charge in [-0.15, -0.1) is 0 Å². The normalized spacial score (nSPS) is 10.2. The fraction of sp³-hybridized carbons (Fsp3) is 0.500. The number of carbonyl (C=O) groups excluding carboxylic acids is 2. The molecule has 0 N–H and O–H groups in total. The van der Waals surface area contributed by atoms with Crippen LogP contribution in [0.2, 0.25) is 5.02 Å². The Morgan fingerprint density at radius 1 is 1.14 bits per heavy atom. The average Bonchev–Trinajstić information content (AvgIpc) is 2.45. The van der Waals surface area contributed by atoms with Gasteiger partial charge >= 0.3 is 11.9 Å². The lowest BCUT2D eigenvalue weighted by molar-refractivity contribution is -0.147. The van der Waals surface area contributed by atoms with Crippen LogP contribution < -0.4 is 4.74 Å². The van der Waals surface area contributed by atoms with Crippen LogP contribution in [0.15, 0.2) is 18.2 Å². The van der Waals surface area contributed by atoms with E-state index in [9.17, 15) is 9.59 Å². The summed E-state index contributed by atoms with van der Waals surface area (Å²) in [5.41, 5.74) is 0.831. The Morgan fingerprint density at radius 3 is 2.52 bits per heavy atom. The molecule has 0 radical (unpaired) electrons. The van der Waals surface area contributed by atoms with Crippen molar-refractivity contribution in [1.29, 1.82) is 0 Å². The smallest absolute Gasteiger partial charge is 0.311 e. The van der Waals surface area contributed by atoms with Crippen LogP contribution >= 0.6 is 11.6 Å². The first kappa shape index (κ1) is 17.5. The van der Waals surface area contributed by atoms with Crippen LogP contribution in [0.4, 0.5) is 0 Å². The molecule has 0 aliphatic rings. The van der Waals surface area contributed by atoms with Gasteiger partial charge in [0, 0.05) is 5.02 Å². The van der Waals surface area contributed by atoms with Crippen molar-refractivity contribution in [1.82, 2.24) is 0 Å². The molecule has 0 spiro atoms. The molecule has 0 unspecified atom stereocenters. The Bertz CT molecular complexity index is 485. The van der Waals surface area contributed by atoms with E-state index in [1.54, 1.807) is 18.2 Å². The summed E-state index contributed by atoms with van der Waals surface area (Å²) in [5.74, 6) is -0.393. The molecular weight excluding hydrogens is 292 g/mol. The van der Waals surface area contributed by atoms with E-state index in [2.05, 4.69) is 6.92 Å². The van der Waals surface area contributed by atoms with Crippen LogP contribution in [-0.2, 0) is 14.3 Å². The quantitative estimate of drug-likeness (QED) is 0.412. The molecule has 4 nitrogen and oxygen atoms in total. The van der Waals surface area contributed by atoms with Gasteiger partial charge in [-0.1, -0.05) is 31.4 Å². The predicted molar refractivity (Wildman–Crippen MR) is 81.5 cm³/mol. The van der Waals surface area contributed by atoms with Crippen LogP contribution in [0.5, 0.6) is 5.75 Å². The van der Waals surface area contributed by atoms with Crippen molar-refractivity contribution in [3.05, 3.63) is 28.8 Å². The van der Waals surface area contributed by atoms with Gasteiger partial charge in [-0.3, -0.25) is 9.59 Å². The van der Waals surface area contributed by atoms with Crippen LogP contribution in [-0.4, -0.2) is 18.5 Å². The van der Waals surface area contributed by atoms with Crippen LogP contribution in [0.3, 0.4) is 0 Å². The molecule has 0 aliphatic carbocycles. The number of aryl methyl sites for hydroxylation is 1. The van der Waals surface area contributed by atoms with E-state index in [4.69, 9.17) is 21.1 Å². The van der Waals surface area contributed by atoms with Gasteiger partial charge in [0.05, 0.1) is 19.4 Å². The van der Waals surface area contributed by atoms with Crippen molar-refractivity contribution in [2.24, 2.45) is 0 Å². The molecule has 0 saturated carbocycles. The second-order valence-corrected chi connectivity index (χ2v) is 5.22. The van der Waals surface area contributed by atoms with E-state index in [0.29, 0.717) is 17.4 Å². The molecule has 0 fully saturated rings. The summed E-state index contributed by atoms with van der Waals surface area (Å²) in [4.78, 5) is 23.0. The number of rotatable bonds is 8. The van der Waals surface area contributed by atoms with Gasteiger partial charge in [0.15, 0.2) is 0 Å². The van der Waals surface area contributed by atoms with Crippen molar-refractivity contribution in [3.8, 4) is 5.75 Å². The van der Waals surface area contributed by atoms with Crippen LogP contribution in [0.25, 0.3) is 0 Å². The average molecular weight is 313 g/mol. The van der Waals surface area contributed by atoms with Crippen molar-refractivity contribution in [2.45, 2.75) is 46.0 Å². The number of hydrogen-bond acceptors (Lipinski definition) is 4. The maximum Gasteiger partial charge on any atom is 0.311 e. The minimum Gasteiger partial charge on any atom is -0.466 e. The number of unbranched alkanes of at least 4 members (excludes halogenated alkanes) is 2. The van der Waals surface area contributed by atoms with Crippen molar-refractivity contribution in [2.75, 3.05) is 6.61 Å². The van der Waals surface area contributed by atoms with E-state index in [0.717, 1.165) is 24.8 Å². The van der Waals surface area contributed by atoms with Gasteiger partial charge in [-0.2, -0.15) is 0 Å². The monoisotopic (exact) mass is 312 g/mol. The number of halogens is 1. The number of benzene rings is 1. The Labute approximate surface area is 130 Å². The standard InChI is InChI=1S/C16H21ClO4/c1-3-4-5-10-20-15(18)8-9-16(19)21-13-6-7-14(17)12(2)11-13/h6-7,11H,3-5,8-10H2,1-2H3. The molecule has 0 atom stereocenters. The molecule has 1 rings (SSSR count). The summed E-state index contributed by atoms with van der Waals surface area (Å²) in [7, 11) is 0. The molecule has 5 heteroatoms. The van der Waals surface area contributed by atoms with Gasteiger partial charge in [-0.05, 0) is 37.1 Å². The van der Waals surface area contributed by atoms with E-state index >= 15 is 0 Å². The first-order valence-electron chi connectivity index (χ1n) is 7.15. The van der Waals surface area contributed by atoms with Crippen LogP contribution in [0, 0.1) is 6.92 Å². The third kappa shape index (κ3) is 7.14. The zero-order chi connectivity index (χ0) is 15.7. The van der Waals surface area contributed by atoms with E-state index in [-0.39, 0.29) is 18.8 Å². The van der Waals surface area contributed by atoms with Gasteiger partial charge in [0.1, 0.15) is 5.75 Å². The molecule has 116 valence electrons. The predicted octanol–water partition coefficient (Wildman–Crippen LogP) is 4.07. The number of ether oxygens (including phenoxy) is 2. The summed E-state index contributed by atoms with van der Waals surface area (Å²) in [5, 5.41) is 0.616. The summed E-state index contributed by atoms with van der Waals surface area (Å²) in [6.07, 6.45) is 3.01. The van der Waals surface area contributed by atoms with Crippen molar-refractivity contribution >= 4 is 23.5 Å². The summed E-state index contributed by atoms with van der Waals surface area (Å²) >= 11 is 5.89. The maximum absolute atomic E-state index is 11.6. The zero-order valence-electron chi connectivity index (χ0n) is 12.5. The molecule has 21 heavy (non-hydrogen) atoms. The molecule has 0 heterocycles. The second kappa shape index (κ2) is 9.40. The molecular formula is C16H21ClO4. The van der Waals surface area contributed by atoms with E-state index in [1.165, 1.54) is 0 Å². The summed E-state index contributed by atoms with van der Waals surface area (Å²) in [6.45, 7) is 4.32. The van der Waals surface area contributed by atoms with Crippen molar-refractivity contribution in [3.63, 3.8) is 0 Å². The topological polar surface area (TPSA) is 52.6 Å².